The quantitative estimate of drug-likeness (QED) is 0.502. The zero-order chi connectivity index (χ0) is 30.1. The first-order valence-corrected chi connectivity index (χ1v) is 13.9. The van der Waals surface area contributed by atoms with E-state index in [1.807, 2.05) is 19.1 Å². The van der Waals surface area contributed by atoms with Gasteiger partial charge < -0.3 is 24.5 Å². The highest BCUT2D eigenvalue weighted by molar-refractivity contribution is 5.95. The number of nitrogens with zero attached hydrogens (tertiary/aromatic N) is 4. The van der Waals surface area contributed by atoms with Crippen molar-refractivity contribution < 1.29 is 32.6 Å². The first-order valence-electron chi connectivity index (χ1n) is 13.9. The lowest BCUT2D eigenvalue weighted by molar-refractivity contribution is -0.262. The zero-order valence-electron chi connectivity index (χ0n) is 24.2. The molecule has 11 heteroatoms. The van der Waals surface area contributed by atoms with E-state index < -0.39 is 23.2 Å². The number of hydrogen-bond donors (Lipinski definition) is 1. The largest absolute Gasteiger partial charge is 0.497 e. The van der Waals surface area contributed by atoms with Crippen LogP contribution in [0.2, 0.25) is 0 Å². The van der Waals surface area contributed by atoms with Gasteiger partial charge in [-0.05, 0) is 75.1 Å². The maximum atomic E-state index is 14.1. The smallest absolute Gasteiger partial charge is 0.430 e. The minimum absolute atomic E-state index is 0.0743. The summed E-state index contributed by atoms with van der Waals surface area (Å²) in [6.07, 6.45) is -1.09. The molecule has 1 atom stereocenters. The number of aliphatic hydroxyl groups is 1. The number of carbonyl (C=O) groups is 2. The molecule has 2 amide bonds. The number of methoxy groups -OCH3 is 1. The Hall–Kier alpha value is -3.34. The van der Waals surface area contributed by atoms with Crippen LogP contribution in [0.3, 0.4) is 0 Å². The Morgan fingerprint density at radius 2 is 1.73 bits per heavy atom. The number of carbonyl (C=O) groups excluding carboxylic acids is 2. The topological polar surface area (TPSA) is 86.2 Å². The number of ether oxygens (including phenoxy) is 1. The standard InChI is InChI=1S/C30H39F3N4O4/c1-19-25(27(38)35(2)3)9-10-26(34-19)37-13-11-20(12-14-37)15-21-16-23(17-21)36(4)28(39)29(40,30(31,32)33)22-7-6-8-24(18-22)41-5/h6-10,18,20-21,23,40H,11-17H2,1-5H3/t21?,23?,29-/m1/s1. The maximum Gasteiger partial charge on any atom is 0.430 e. The van der Waals surface area contributed by atoms with Crippen molar-refractivity contribution in [1.29, 1.82) is 0 Å². The van der Waals surface area contributed by atoms with Gasteiger partial charge in [-0.25, -0.2) is 4.98 Å². The van der Waals surface area contributed by atoms with Gasteiger partial charge in [-0.2, -0.15) is 13.2 Å². The lowest BCUT2D eigenvalue weighted by Crippen LogP contribution is -2.58. The molecule has 2 aliphatic rings. The molecule has 1 N–H and O–H groups in total. The number of hydrogen-bond acceptors (Lipinski definition) is 6. The van der Waals surface area contributed by atoms with E-state index in [1.165, 1.54) is 31.2 Å². The van der Waals surface area contributed by atoms with Crippen LogP contribution in [0, 0.1) is 18.8 Å². The molecule has 1 saturated carbocycles. The van der Waals surface area contributed by atoms with Gasteiger partial charge >= 0.3 is 6.18 Å². The predicted molar refractivity (Wildman–Crippen MR) is 149 cm³/mol. The van der Waals surface area contributed by atoms with E-state index >= 15 is 0 Å². The molecular weight excluding hydrogens is 537 g/mol. The number of halogens is 3. The second kappa shape index (κ2) is 11.9. The van der Waals surface area contributed by atoms with Crippen molar-refractivity contribution in [3.63, 3.8) is 0 Å². The Kier molecular flexibility index (Phi) is 8.87. The van der Waals surface area contributed by atoms with E-state index in [0.29, 0.717) is 35.9 Å². The fourth-order valence-electron chi connectivity index (χ4n) is 5.95. The predicted octanol–water partition coefficient (Wildman–Crippen LogP) is 4.39. The normalized spacial score (nSPS) is 21.0. The van der Waals surface area contributed by atoms with Gasteiger partial charge in [-0.1, -0.05) is 12.1 Å². The average molecular weight is 577 g/mol. The molecule has 1 aliphatic carbocycles. The van der Waals surface area contributed by atoms with Crippen molar-refractivity contribution >= 4 is 17.6 Å². The van der Waals surface area contributed by atoms with Crippen molar-refractivity contribution in [3.8, 4) is 5.75 Å². The highest BCUT2D eigenvalue weighted by atomic mass is 19.4. The number of rotatable bonds is 8. The fourth-order valence-corrected chi connectivity index (χ4v) is 5.95. The molecule has 2 aromatic rings. The summed E-state index contributed by atoms with van der Waals surface area (Å²) in [6, 6.07) is 8.27. The molecule has 0 spiro atoms. The first-order chi connectivity index (χ1) is 19.3. The molecule has 0 radical (unpaired) electrons. The van der Waals surface area contributed by atoms with Crippen LogP contribution in [0.15, 0.2) is 36.4 Å². The Bertz CT molecular complexity index is 1260. The molecular formula is C30H39F3N4O4. The number of anilines is 1. The number of pyridine rings is 1. The van der Waals surface area contributed by atoms with Crippen LogP contribution in [0.25, 0.3) is 0 Å². The summed E-state index contributed by atoms with van der Waals surface area (Å²) >= 11 is 0. The average Bonchev–Trinajstić information content (AvgIpc) is 2.92. The van der Waals surface area contributed by atoms with E-state index in [0.717, 1.165) is 55.2 Å². The molecule has 1 aromatic carbocycles. The van der Waals surface area contributed by atoms with Gasteiger partial charge in [0.25, 0.3) is 17.4 Å². The third-order valence-corrected chi connectivity index (χ3v) is 8.60. The highest BCUT2D eigenvalue weighted by Crippen LogP contribution is 2.44. The van der Waals surface area contributed by atoms with E-state index in [1.54, 1.807) is 14.1 Å². The maximum absolute atomic E-state index is 14.1. The number of piperidine rings is 1. The number of amides is 2. The lowest BCUT2D eigenvalue weighted by atomic mass is 9.72. The highest BCUT2D eigenvalue weighted by Gasteiger charge is 2.62. The van der Waals surface area contributed by atoms with Gasteiger partial charge in [-0.3, -0.25) is 9.59 Å². The number of alkyl halides is 3. The van der Waals surface area contributed by atoms with Crippen molar-refractivity contribution in [1.82, 2.24) is 14.8 Å². The molecule has 41 heavy (non-hydrogen) atoms. The summed E-state index contributed by atoms with van der Waals surface area (Å²) in [5.74, 6) is 0.328. The van der Waals surface area contributed by atoms with Crippen LogP contribution in [-0.4, -0.2) is 85.3 Å². The molecule has 1 saturated heterocycles. The molecule has 2 fully saturated rings. The van der Waals surface area contributed by atoms with Crippen LogP contribution < -0.4 is 9.64 Å². The van der Waals surface area contributed by atoms with Gasteiger partial charge in [0.05, 0.1) is 18.4 Å². The Balaban J connectivity index is 1.30. The number of likely N-dealkylation sites (N-methyl/N-ethyl adjacent to an activating group) is 1. The van der Waals surface area contributed by atoms with Crippen LogP contribution in [0.4, 0.5) is 19.0 Å². The fraction of sp³-hybridized carbons (Fsp3) is 0.567. The molecule has 0 bridgehead atoms. The second-order valence-electron chi connectivity index (χ2n) is 11.5. The summed E-state index contributed by atoms with van der Waals surface area (Å²) in [5, 5.41) is 10.8. The van der Waals surface area contributed by atoms with Crippen LogP contribution in [-0.2, 0) is 10.4 Å². The second-order valence-corrected chi connectivity index (χ2v) is 11.5. The van der Waals surface area contributed by atoms with Gasteiger partial charge in [0.1, 0.15) is 11.6 Å². The van der Waals surface area contributed by atoms with E-state index in [4.69, 9.17) is 4.74 Å². The van der Waals surface area contributed by atoms with Crippen molar-refractivity contribution in [3.05, 3.63) is 53.2 Å². The monoisotopic (exact) mass is 576 g/mol. The summed E-state index contributed by atoms with van der Waals surface area (Å²) in [5.41, 5.74) is -2.92. The molecule has 0 unspecified atom stereocenters. The molecule has 1 aromatic heterocycles. The first kappa shape index (κ1) is 30.6. The van der Waals surface area contributed by atoms with Gasteiger partial charge in [0.15, 0.2) is 0 Å². The van der Waals surface area contributed by atoms with Crippen LogP contribution in [0.5, 0.6) is 5.75 Å². The number of aryl methyl sites for hydroxylation is 1. The summed E-state index contributed by atoms with van der Waals surface area (Å²) in [6.45, 7) is 3.52. The molecule has 8 nitrogen and oxygen atoms in total. The molecule has 1 aliphatic heterocycles. The third kappa shape index (κ3) is 6.14. The minimum atomic E-state index is -5.20. The molecule has 224 valence electrons. The molecule has 2 heterocycles. The van der Waals surface area contributed by atoms with Gasteiger partial charge in [-0.15, -0.1) is 0 Å². The zero-order valence-corrected chi connectivity index (χ0v) is 24.2. The Morgan fingerprint density at radius 3 is 2.29 bits per heavy atom. The van der Waals surface area contributed by atoms with Crippen LogP contribution >= 0.6 is 0 Å². The lowest BCUT2D eigenvalue weighted by Gasteiger charge is -2.45. The minimum Gasteiger partial charge on any atom is -0.497 e. The van der Waals surface area contributed by atoms with E-state index in [-0.39, 0.29) is 17.7 Å². The Labute approximate surface area is 239 Å². The number of benzene rings is 1. The van der Waals surface area contributed by atoms with Crippen molar-refractivity contribution in [2.75, 3.05) is 46.2 Å². The third-order valence-electron chi connectivity index (χ3n) is 8.60. The van der Waals surface area contributed by atoms with Gasteiger partial charge in [0.2, 0.25) is 0 Å². The number of aromatic nitrogens is 1. The van der Waals surface area contributed by atoms with Crippen molar-refractivity contribution in [2.45, 2.75) is 56.8 Å². The van der Waals surface area contributed by atoms with Crippen molar-refractivity contribution in [2.24, 2.45) is 11.8 Å². The van der Waals surface area contributed by atoms with Crippen LogP contribution in [0.1, 0.15) is 53.7 Å². The molecule has 4 rings (SSSR count). The Morgan fingerprint density at radius 1 is 1.07 bits per heavy atom. The van der Waals surface area contributed by atoms with E-state index in [9.17, 15) is 27.9 Å². The summed E-state index contributed by atoms with van der Waals surface area (Å²) < 4.78 is 47.3. The summed E-state index contributed by atoms with van der Waals surface area (Å²) in [7, 11) is 6.07. The SMILES string of the molecule is COc1cccc([C@@](O)(C(=O)N(C)C2CC(CC3CCN(c4ccc(C(=O)N(C)C)c(C)n4)CC3)C2)C(F)(F)F)c1. The van der Waals surface area contributed by atoms with Gasteiger partial charge in [0, 0.05) is 45.8 Å². The summed E-state index contributed by atoms with van der Waals surface area (Å²) in [4.78, 5) is 34.9. The van der Waals surface area contributed by atoms with E-state index in [2.05, 4.69) is 9.88 Å².